The summed E-state index contributed by atoms with van der Waals surface area (Å²) in [6.07, 6.45) is 0.163. The molecule has 1 amide bonds. The Labute approximate surface area is 186 Å². The quantitative estimate of drug-likeness (QED) is 0.667. The fourth-order valence-electron chi connectivity index (χ4n) is 4.21. The van der Waals surface area contributed by atoms with Gasteiger partial charge in [0.2, 0.25) is 0 Å². The lowest BCUT2D eigenvalue weighted by molar-refractivity contribution is 0.00710. The van der Waals surface area contributed by atoms with Crippen LogP contribution in [-0.2, 0) is 22.5 Å². The van der Waals surface area contributed by atoms with Crippen LogP contribution in [0.2, 0.25) is 0 Å². The fourth-order valence-corrected chi connectivity index (χ4v) is 5.15. The lowest BCUT2D eigenvalue weighted by atomic mass is 9.73. The number of pyridine rings is 1. The molecule has 1 aromatic heterocycles. The summed E-state index contributed by atoms with van der Waals surface area (Å²) < 4.78 is 47.9. The number of likely N-dealkylation sites (tertiary alicyclic amines) is 1. The summed E-state index contributed by atoms with van der Waals surface area (Å²) in [5, 5.41) is 0. The molecule has 1 aliphatic heterocycles. The van der Waals surface area contributed by atoms with E-state index in [0.717, 1.165) is 5.69 Å². The van der Waals surface area contributed by atoms with E-state index in [1.165, 1.54) is 12.3 Å². The number of carbonyl (C=O) groups excluding carboxylic acids is 1. The van der Waals surface area contributed by atoms with Crippen LogP contribution in [0.25, 0.3) is 0 Å². The summed E-state index contributed by atoms with van der Waals surface area (Å²) in [6, 6.07) is 1.13. The highest BCUT2D eigenvalue weighted by atomic mass is 32.2. The topological polar surface area (TPSA) is 77.5 Å². The molecule has 1 fully saturated rings. The SMILES string of the molecule is CC(C)(C)OC(=O)N1CCC2(CC1)Cc1ncc(C(F)F)cc1[C@H]2N[S@+]([O-])C(C)(C)C. The minimum Gasteiger partial charge on any atom is -0.598 e. The van der Waals surface area contributed by atoms with Crippen molar-refractivity contribution in [2.45, 2.75) is 83.6 Å². The van der Waals surface area contributed by atoms with E-state index in [0.29, 0.717) is 37.9 Å². The molecule has 1 aliphatic carbocycles. The number of rotatable bonds is 3. The van der Waals surface area contributed by atoms with Crippen LogP contribution in [0.1, 0.15) is 83.7 Å². The third kappa shape index (κ3) is 5.31. The summed E-state index contributed by atoms with van der Waals surface area (Å²) in [7, 11) is 0. The van der Waals surface area contributed by atoms with E-state index in [-0.39, 0.29) is 23.1 Å². The molecule has 31 heavy (non-hydrogen) atoms. The Morgan fingerprint density at radius 3 is 2.42 bits per heavy atom. The Morgan fingerprint density at radius 2 is 1.90 bits per heavy atom. The molecule has 0 bridgehead atoms. The number of amides is 1. The van der Waals surface area contributed by atoms with Crippen LogP contribution < -0.4 is 4.72 Å². The van der Waals surface area contributed by atoms with Gasteiger partial charge in [0.05, 0.1) is 6.04 Å². The van der Waals surface area contributed by atoms with Crippen molar-refractivity contribution in [2.24, 2.45) is 5.41 Å². The summed E-state index contributed by atoms with van der Waals surface area (Å²) in [4.78, 5) is 18.5. The van der Waals surface area contributed by atoms with Gasteiger partial charge >= 0.3 is 6.09 Å². The Kier molecular flexibility index (Phi) is 6.62. The zero-order valence-corrected chi connectivity index (χ0v) is 19.9. The standard InChI is InChI=1S/C22H33F2N3O3S/c1-20(2,3)30-19(28)27-9-7-22(8-10-27)12-16-15(11-14(13-25-16)18(23)24)17(22)26-31(29)21(4,5)6/h11,13,17-18,26H,7-10,12H2,1-6H3/t17-,31-/m1/s1. The monoisotopic (exact) mass is 457 g/mol. The lowest BCUT2D eigenvalue weighted by Gasteiger charge is -2.43. The first-order valence-corrected chi connectivity index (χ1v) is 11.8. The first kappa shape index (κ1) is 24.2. The van der Waals surface area contributed by atoms with Gasteiger partial charge in [-0.25, -0.2) is 13.6 Å². The molecule has 1 spiro atoms. The van der Waals surface area contributed by atoms with Crippen molar-refractivity contribution in [3.8, 4) is 0 Å². The van der Waals surface area contributed by atoms with Crippen LogP contribution in [-0.4, -0.2) is 44.0 Å². The number of piperidine rings is 1. The van der Waals surface area contributed by atoms with Gasteiger partial charge in [-0.15, -0.1) is 4.72 Å². The molecule has 174 valence electrons. The van der Waals surface area contributed by atoms with Crippen LogP contribution in [0.5, 0.6) is 0 Å². The number of nitrogens with one attached hydrogen (secondary N) is 1. The van der Waals surface area contributed by atoms with Crippen LogP contribution >= 0.6 is 0 Å². The molecule has 2 heterocycles. The van der Waals surface area contributed by atoms with Gasteiger partial charge in [0.1, 0.15) is 10.3 Å². The minimum absolute atomic E-state index is 0.129. The summed E-state index contributed by atoms with van der Waals surface area (Å²) >= 11 is -1.38. The van der Waals surface area contributed by atoms with E-state index in [9.17, 15) is 18.1 Å². The van der Waals surface area contributed by atoms with Crippen molar-refractivity contribution in [1.29, 1.82) is 0 Å². The molecular weight excluding hydrogens is 424 g/mol. The number of nitrogens with zero attached hydrogens (tertiary/aromatic N) is 2. The van der Waals surface area contributed by atoms with E-state index in [2.05, 4.69) is 9.71 Å². The molecule has 1 saturated heterocycles. The van der Waals surface area contributed by atoms with Gasteiger partial charge in [-0.05, 0) is 72.4 Å². The number of alkyl halides is 2. The second-order valence-corrected chi connectivity index (χ2v) is 12.5. The molecule has 6 nitrogen and oxygen atoms in total. The Hall–Kier alpha value is -1.45. The van der Waals surface area contributed by atoms with Gasteiger partial charge in [0, 0.05) is 47.3 Å². The third-order valence-electron chi connectivity index (χ3n) is 5.91. The van der Waals surface area contributed by atoms with Crippen molar-refractivity contribution in [3.63, 3.8) is 0 Å². The number of aromatic nitrogens is 1. The molecule has 2 aliphatic rings. The summed E-state index contributed by atoms with van der Waals surface area (Å²) in [5.41, 5.74) is 0.421. The molecule has 9 heteroatoms. The normalized spacial score (nSPS) is 22.0. The second-order valence-electron chi connectivity index (χ2n) is 10.5. The second kappa shape index (κ2) is 8.48. The Bertz CT molecular complexity index is 815. The third-order valence-corrected chi connectivity index (χ3v) is 7.47. The minimum atomic E-state index is -2.61. The Morgan fingerprint density at radius 1 is 1.29 bits per heavy atom. The molecule has 0 aromatic carbocycles. The number of ether oxygens (including phenoxy) is 1. The molecule has 3 rings (SSSR count). The van der Waals surface area contributed by atoms with Crippen LogP contribution in [0.4, 0.5) is 13.6 Å². The lowest BCUT2D eigenvalue weighted by Crippen LogP contribution is -2.51. The van der Waals surface area contributed by atoms with E-state index in [4.69, 9.17) is 4.74 Å². The van der Waals surface area contributed by atoms with E-state index in [1.54, 1.807) is 4.90 Å². The first-order chi connectivity index (χ1) is 14.2. The molecule has 2 atom stereocenters. The van der Waals surface area contributed by atoms with Crippen LogP contribution in [0, 0.1) is 5.41 Å². The van der Waals surface area contributed by atoms with Gasteiger partial charge in [-0.2, -0.15) is 0 Å². The molecule has 0 saturated carbocycles. The number of hydrogen-bond donors (Lipinski definition) is 1. The highest BCUT2D eigenvalue weighted by molar-refractivity contribution is 7.90. The van der Waals surface area contributed by atoms with Crippen molar-refractivity contribution >= 4 is 17.5 Å². The molecule has 0 radical (unpaired) electrons. The molecular formula is C22H33F2N3O3S. The number of carbonyl (C=O) groups is 1. The van der Waals surface area contributed by atoms with Gasteiger partial charge in [0.15, 0.2) is 0 Å². The highest BCUT2D eigenvalue weighted by Crippen LogP contribution is 2.52. The number of halogens is 2. The van der Waals surface area contributed by atoms with Crippen LogP contribution in [0.3, 0.4) is 0 Å². The Balaban J connectivity index is 1.86. The zero-order chi connectivity index (χ0) is 23.2. The highest BCUT2D eigenvalue weighted by Gasteiger charge is 2.52. The average Bonchev–Trinajstić information content (AvgIpc) is 2.92. The van der Waals surface area contributed by atoms with Gasteiger partial charge in [-0.1, -0.05) is 0 Å². The maximum absolute atomic E-state index is 13.3. The van der Waals surface area contributed by atoms with Crippen LogP contribution in [0.15, 0.2) is 12.3 Å². The zero-order valence-electron chi connectivity index (χ0n) is 19.1. The number of fused-ring (bicyclic) bond motifs is 1. The first-order valence-electron chi connectivity index (χ1n) is 10.6. The summed E-state index contributed by atoms with van der Waals surface area (Å²) in [6.45, 7) is 12.1. The maximum Gasteiger partial charge on any atom is 0.410 e. The van der Waals surface area contributed by atoms with E-state index < -0.39 is 28.1 Å². The molecule has 1 N–H and O–H groups in total. The van der Waals surface area contributed by atoms with Crippen molar-refractivity contribution in [2.75, 3.05) is 13.1 Å². The van der Waals surface area contributed by atoms with E-state index >= 15 is 0 Å². The molecule has 0 unspecified atom stereocenters. The van der Waals surface area contributed by atoms with Gasteiger partial charge < -0.3 is 14.2 Å². The average molecular weight is 458 g/mol. The van der Waals surface area contributed by atoms with Gasteiger partial charge in [0.25, 0.3) is 6.43 Å². The van der Waals surface area contributed by atoms with Gasteiger partial charge in [-0.3, -0.25) is 4.98 Å². The van der Waals surface area contributed by atoms with Crippen molar-refractivity contribution < 1.29 is 22.9 Å². The fraction of sp³-hybridized carbons (Fsp3) is 0.727. The molecule has 1 aromatic rings. The number of hydrogen-bond acceptors (Lipinski definition) is 5. The maximum atomic E-state index is 13.3. The predicted octanol–water partition coefficient (Wildman–Crippen LogP) is 4.69. The van der Waals surface area contributed by atoms with Crippen molar-refractivity contribution in [3.05, 3.63) is 29.1 Å². The largest absolute Gasteiger partial charge is 0.598 e. The summed E-state index contributed by atoms with van der Waals surface area (Å²) in [5.74, 6) is 0. The smallest absolute Gasteiger partial charge is 0.410 e. The predicted molar refractivity (Wildman–Crippen MR) is 116 cm³/mol. The van der Waals surface area contributed by atoms with E-state index in [1.807, 2.05) is 41.5 Å². The van der Waals surface area contributed by atoms with Crippen molar-refractivity contribution in [1.82, 2.24) is 14.6 Å².